The zero-order chi connectivity index (χ0) is 21.0. The molecular weight excluding hydrogens is 394 g/mol. The minimum atomic E-state index is -0.310. The molecule has 3 unspecified atom stereocenters. The molecule has 8 nitrogen and oxygen atoms in total. The second-order valence-corrected chi connectivity index (χ2v) is 7.60. The summed E-state index contributed by atoms with van der Waals surface area (Å²) in [6, 6.07) is 7.19. The first-order valence-electron chi connectivity index (χ1n) is 9.53. The van der Waals surface area contributed by atoms with Crippen LogP contribution >= 0.6 is 12.2 Å². The van der Waals surface area contributed by atoms with Crippen LogP contribution in [0.25, 0.3) is 0 Å². The van der Waals surface area contributed by atoms with Crippen LogP contribution in [0.4, 0.5) is 0 Å². The van der Waals surface area contributed by atoms with Gasteiger partial charge in [0, 0.05) is 18.2 Å². The Morgan fingerprint density at radius 2 is 2.03 bits per heavy atom. The quantitative estimate of drug-likeness (QED) is 0.524. The number of hydrogen-bond donors (Lipinski definition) is 2. The maximum absolute atomic E-state index is 12.9. The molecule has 1 saturated heterocycles. The number of benzene rings is 1. The first-order chi connectivity index (χ1) is 13.9. The van der Waals surface area contributed by atoms with E-state index in [0.717, 1.165) is 5.56 Å². The van der Waals surface area contributed by atoms with Gasteiger partial charge in [0.25, 0.3) is 0 Å². The molecule has 2 fully saturated rings. The lowest BCUT2D eigenvalue weighted by molar-refractivity contribution is -0.149. The van der Waals surface area contributed by atoms with Crippen LogP contribution in [-0.4, -0.2) is 54.6 Å². The van der Waals surface area contributed by atoms with Gasteiger partial charge in [0.05, 0.1) is 26.1 Å². The molecule has 1 heterocycles. The first kappa shape index (κ1) is 21.0. The van der Waals surface area contributed by atoms with E-state index >= 15 is 0 Å². The number of fused-ring (bicyclic) bond motifs is 1. The summed E-state index contributed by atoms with van der Waals surface area (Å²) in [7, 11) is 2.94. The number of nitrogens with one attached hydrogen (secondary N) is 2. The Kier molecular flexibility index (Phi) is 6.68. The highest BCUT2D eigenvalue weighted by Gasteiger charge is 2.44. The lowest BCUT2D eigenvalue weighted by Gasteiger charge is -2.43. The molecule has 3 rings (SSSR count). The second-order valence-electron chi connectivity index (χ2n) is 7.21. The number of hydrogen-bond acceptors (Lipinski definition) is 6. The molecule has 9 heteroatoms. The number of rotatable bonds is 6. The minimum Gasteiger partial charge on any atom is -0.496 e. The maximum atomic E-state index is 12.9. The van der Waals surface area contributed by atoms with E-state index in [1.165, 1.54) is 12.0 Å². The summed E-state index contributed by atoms with van der Waals surface area (Å²) in [5.41, 5.74) is 0.843. The third-order valence-corrected chi connectivity index (χ3v) is 5.83. The van der Waals surface area contributed by atoms with Gasteiger partial charge < -0.3 is 20.1 Å². The minimum absolute atomic E-state index is 0.149. The molecule has 1 saturated carbocycles. The van der Waals surface area contributed by atoms with Crippen molar-refractivity contribution in [1.29, 1.82) is 0 Å². The van der Waals surface area contributed by atoms with E-state index in [1.807, 2.05) is 24.3 Å². The Hall–Kier alpha value is -2.68. The Bertz CT molecular complexity index is 815. The first-order valence-corrected chi connectivity index (χ1v) is 9.93. The number of thiocarbonyl (C=S) groups is 1. The van der Waals surface area contributed by atoms with Gasteiger partial charge in [-0.1, -0.05) is 18.2 Å². The molecule has 1 aliphatic carbocycles. The topological polar surface area (TPSA) is 97.0 Å². The average molecular weight is 420 g/mol. The lowest BCUT2D eigenvalue weighted by Crippen LogP contribution is -2.63. The van der Waals surface area contributed by atoms with Crippen LogP contribution in [0.15, 0.2) is 24.3 Å². The SMILES string of the molecule is COC(=O)C1CCC2C(=O)N(CC(=O)NCc3ccccc3OC)C(=S)NC2C1. The molecular formula is C20H25N3O5S. The smallest absolute Gasteiger partial charge is 0.308 e. The van der Waals surface area contributed by atoms with Gasteiger partial charge in [-0.05, 0) is 37.5 Å². The number of methoxy groups -OCH3 is 2. The van der Waals surface area contributed by atoms with Crippen LogP contribution in [0, 0.1) is 11.8 Å². The van der Waals surface area contributed by atoms with Gasteiger partial charge in [0.1, 0.15) is 12.3 Å². The number of carbonyl (C=O) groups excluding carboxylic acids is 3. The average Bonchev–Trinajstić information content (AvgIpc) is 2.74. The van der Waals surface area contributed by atoms with E-state index in [1.54, 1.807) is 7.11 Å². The van der Waals surface area contributed by atoms with E-state index in [9.17, 15) is 14.4 Å². The van der Waals surface area contributed by atoms with Crippen molar-refractivity contribution in [1.82, 2.24) is 15.5 Å². The number of esters is 1. The van der Waals surface area contributed by atoms with Crippen LogP contribution in [0.2, 0.25) is 0 Å². The molecule has 1 aliphatic heterocycles. The predicted molar refractivity (Wildman–Crippen MR) is 109 cm³/mol. The molecule has 0 bridgehead atoms. The van der Waals surface area contributed by atoms with E-state index in [2.05, 4.69) is 10.6 Å². The molecule has 2 amide bonds. The van der Waals surface area contributed by atoms with Crippen molar-refractivity contribution in [2.45, 2.75) is 31.8 Å². The van der Waals surface area contributed by atoms with Gasteiger partial charge >= 0.3 is 5.97 Å². The molecule has 0 aromatic heterocycles. The third kappa shape index (κ3) is 4.67. The standard InChI is InChI=1S/C20H25N3O5S/c1-27-16-6-4-3-5-13(16)10-21-17(24)11-23-18(25)14-8-7-12(19(26)28-2)9-15(14)22-20(23)29/h3-6,12,14-15H,7-11H2,1-2H3,(H,21,24)(H,22,29). The molecule has 1 aromatic rings. The van der Waals surface area contributed by atoms with E-state index in [0.29, 0.717) is 25.0 Å². The third-order valence-electron chi connectivity index (χ3n) is 5.49. The Morgan fingerprint density at radius 3 is 2.76 bits per heavy atom. The van der Waals surface area contributed by atoms with E-state index in [-0.39, 0.29) is 53.9 Å². The number of amides is 2. The monoisotopic (exact) mass is 419 g/mol. The molecule has 29 heavy (non-hydrogen) atoms. The fraction of sp³-hybridized carbons (Fsp3) is 0.500. The van der Waals surface area contributed by atoms with Crippen molar-refractivity contribution < 1.29 is 23.9 Å². The highest BCUT2D eigenvalue weighted by molar-refractivity contribution is 7.80. The van der Waals surface area contributed by atoms with Gasteiger partial charge in [-0.3, -0.25) is 19.3 Å². The number of para-hydroxylation sites is 1. The molecule has 156 valence electrons. The van der Waals surface area contributed by atoms with Crippen LogP contribution < -0.4 is 15.4 Å². The highest BCUT2D eigenvalue weighted by Crippen LogP contribution is 2.33. The van der Waals surface area contributed by atoms with Crippen LogP contribution in [0.1, 0.15) is 24.8 Å². The summed E-state index contributed by atoms with van der Waals surface area (Å²) in [6.07, 6.45) is 1.64. The summed E-state index contributed by atoms with van der Waals surface area (Å²) >= 11 is 5.32. The predicted octanol–water partition coefficient (Wildman–Crippen LogP) is 0.986. The van der Waals surface area contributed by atoms with Crippen molar-refractivity contribution >= 4 is 35.1 Å². The van der Waals surface area contributed by atoms with Gasteiger partial charge in [0.2, 0.25) is 11.8 Å². The van der Waals surface area contributed by atoms with Gasteiger partial charge in [0.15, 0.2) is 5.11 Å². The van der Waals surface area contributed by atoms with Gasteiger partial charge in [-0.25, -0.2) is 0 Å². The molecule has 0 spiro atoms. The van der Waals surface area contributed by atoms with Crippen molar-refractivity contribution in [3.8, 4) is 5.75 Å². The normalized spacial score (nSPS) is 23.7. The molecule has 2 aliphatic rings. The number of ether oxygens (including phenoxy) is 2. The molecule has 3 atom stereocenters. The van der Waals surface area contributed by atoms with Crippen LogP contribution in [0.3, 0.4) is 0 Å². The summed E-state index contributed by atoms with van der Waals surface area (Å²) in [4.78, 5) is 38.5. The largest absolute Gasteiger partial charge is 0.496 e. The van der Waals surface area contributed by atoms with Gasteiger partial charge in [-0.15, -0.1) is 0 Å². The zero-order valence-electron chi connectivity index (χ0n) is 16.5. The van der Waals surface area contributed by atoms with Crippen molar-refractivity contribution in [2.75, 3.05) is 20.8 Å². The summed E-state index contributed by atoms with van der Waals surface area (Å²) < 4.78 is 10.1. The highest BCUT2D eigenvalue weighted by atomic mass is 32.1. The van der Waals surface area contributed by atoms with Crippen LogP contribution in [0.5, 0.6) is 5.75 Å². The molecule has 2 N–H and O–H groups in total. The summed E-state index contributed by atoms with van der Waals surface area (Å²) in [5, 5.41) is 6.15. The van der Waals surface area contributed by atoms with Crippen molar-refractivity contribution in [3.63, 3.8) is 0 Å². The second kappa shape index (κ2) is 9.21. The Morgan fingerprint density at radius 1 is 1.28 bits per heavy atom. The summed E-state index contributed by atoms with van der Waals surface area (Å²) in [6.45, 7) is 0.140. The summed E-state index contributed by atoms with van der Waals surface area (Å²) in [5.74, 6) is -0.597. The Balaban J connectivity index is 1.58. The lowest BCUT2D eigenvalue weighted by atomic mass is 9.76. The zero-order valence-corrected chi connectivity index (χ0v) is 17.3. The Labute approximate surface area is 174 Å². The van der Waals surface area contributed by atoms with Crippen molar-refractivity contribution in [3.05, 3.63) is 29.8 Å². The van der Waals surface area contributed by atoms with E-state index < -0.39 is 0 Å². The number of nitrogens with zero attached hydrogens (tertiary/aromatic N) is 1. The van der Waals surface area contributed by atoms with Gasteiger partial charge in [-0.2, -0.15) is 0 Å². The molecule has 1 aromatic carbocycles. The maximum Gasteiger partial charge on any atom is 0.308 e. The van der Waals surface area contributed by atoms with E-state index in [4.69, 9.17) is 21.7 Å². The number of carbonyl (C=O) groups is 3. The molecule has 0 radical (unpaired) electrons. The van der Waals surface area contributed by atoms with Crippen LogP contribution in [-0.2, 0) is 25.7 Å². The van der Waals surface area contributed by atoms with Crippen molar-refractivity contribution in [2.24, 2.45) is 11.8 Å². The fourth-order valence-corrected chi connectivity index (χ4v) is 4.24. The fourth-order valence-electron chi connectivity index (χ4n) is 3.94.